The van der Waals surface area contributed by atoms with Crippen molar-refractivity contribution in [2.24, 2.45) is 5.92 Å². The molecule has 3 nitrogen and oxygen atoms in total. The molecule has 0 unspecified atom stereocenters. The summed E-state index contributed by atoms with van der Waals surface area (Å²) >= 11 is 6.34. The first kappa shape index (κ1) is 16.1. The molecule has 0 N–H and O–H groups in total. The average molecular weight is 350 g/mol. The third-order valence-corrected chi connectivity index (χ3v) is 4.57. The van der Waals surface area contributed by atoms with E-state index in [0.29, 0.717) is 16.7 Å². The number of halogens is 1. The van der Waals surface area contributed by atoms with Gasteiger partial charge in [-0.05, 0) is 35.6 Å². The van der Waals surface area contributed by atoms with Gasteiger partial charge in [0, 0.05) is 12.6 Å². The van der Waals surface area contributed by atoms with Crippen LogP contribution in [0.4, 0.5) is 0 Å². The Bertz CT molecular complexity index is 1050. The number of hydrogen-bond acceptors (Lipinski definition) is 2. The minimum atomic E-state index is 0.443. The number of fused-ring (bicyclic) bond motifs is 3. The lowest BCUT2D eigenvalue weighted by Crippen LogP contribution is -1.96. The Labute approximate surface area is 152 Å². The van der Waals surface area contributed by atoms with Crippen LogP contribution < -0.4 is 0 Å². The SMILES string of the molecule is CC(C)Cc1cccc(Cc2cn3c(n2)c(Cl)nc2ccccc23)c1. The van der Waals surface area contributed by atoms with Crippen molar-refractivity contribution in [3.63, 3.8) is 0 Å². The van der Waals surface area contributed by atoms with Gasteiger partial charge in [-0.2, -0.15) is 0 Å². The Kier molecular flexibility index (Phi) is 4.18. The molecule has 0 aliphatic heterocycles. The van der Waals surface area contributed by atoms with Gasteiger partial charge in [-0.3, -0.25) is 4.40 Å². The molecule has 0 fully saturated rings. The van der Waals surface area contributed by atoms with Crippen molar-refractivity contribution in [2.75, 3.05) is 0 Å². The van der Waals surface area contributed by atoms with Crippen molar-refractivity contribution < 1.29 is 0 Å². The van der Waals surface area contributed by atoms with E-state index in [2.05, 4.69) is 49.3 Å². The zero-order chi connectivity index (χ0) is 17.4. The lowest BCUT2D eigenvalue weighted by atomic mass is 9.99. The molecular formula is C21H20ClN3. The fraction of sp³-hybridized carbons (Fsp3) is 0.238. The zero-order valence-electron chi connectivity index (χ0n) is 14.4. The van der Waals surface area contributed by atoms with Crippen molar-refractivity contribution in [1.82, 2.24) is 14.4 Å². The summed E-state index contributed by atoms with van der Waals surface area (Å²) < 4.78 is 2.04. The van der Waals surface area contributed by atoms with Gasteiger partial charge < -0.3 is 0 Å². The Morgan fingerprint density at radius 1 is 1.00 bits per heavy atom. The molecule has 4 heteroatoms. The second kappa shape index (κ2) is 6.49. The maximum atomic E-state index is 6.34. The molecule has 0 aliphatic rings. The van der Waals surface area contributed by atoms with Gasteiger partial charge in [0.1, 0.15) is 0 Å². The maximum Gasteiger partial charge on any atom is 0.175 e. The predicted molar refractivity (Wildman–Crippen MR) is 103 cm³/mol. The molecule has 126 valence electrons. The lowest BCUT2D eigenvalue weighted by molar-refractivity contribution is 0.647. The van der Waals surface area contributed by atoms with Crippen molar-refractivity contribution in [2.45, 2.75) is 26.7 Å². The van der Waals surface area contributed by atoms with E-state index in [1.54, 1.807) is 0 Å². The summed E-state index contributed by atoms with van der Waals surface area (Å²) in [6.07, 6.45) is 3.96. The van der Waals surface area contributed by atoms with E-state index in [1.807, 2.05) is 28.7 Å². The summed E-state index contributed by atoms with van der Waals surface area (Å²) in [7, 11) is 0. The van der Waals surface area contributed by atoms with Gasteiger partial charge in [0.2, 0.25) is 0 Å². The van der Waals surface area contributed by atoms with Gasteiger partial charge in [0.15, 0.2) is 10.8 Å². The number of aromatic nitrogens is 3. The smallest absolute Gasteiger partial charge is 0.175 e. The van der Waals surface area contributed by atoms with E-state index in [0.717, 1.165) is 29.6 Å². The maximum absolute atomic E-state index is 6.34. The summed E-state index contributed by atoms with van der Waals surface area (Å²) in [5.74, 6) is 0.654. The Balaban J connectivity index is 1.73. The molecule has 0 atom stereocenters. The van der Waals surface area contributed by atoms with Crippen LogP contribution in [0.25, 0.3) is 16.7 Å². The van der Waals surface area contributed by atoms with Gasteiger partial charge in [-0.15, -0.1) is 0 Å². The first-order chi connectivity index (χ1) is 12.1. The molecule has 0 bridgehead atoms. The number of imidazole rings is 1. The lowest BCUT2D eigenvalue weighted by Gasteiger charge is -2.06. The normalized spacial score (nSPS) is 11.7. The molecular weight excluding hydrogens is 330 g/mol. The van der Waals surface area contributed by atoms with Crippen LogP contribution in [0.5, 0.6) is 0 Å². The molecule has 4 aromatic rings. The van der Waals surface area contributed by atoms with Crippen LogP contribution in [-0.4, -0.2) is 14.4 Å². The highest BCUT2D eigenvalue weighted by Crippen LogP contribution is 2.23. The highest BCUT2D eigenvalue weighted by Gasteiger charge is 2.11. The summed E-state index contributed by atoms with van der Waals surface area (Å²) in [5, 5.41) is 0.443. The van der Waals surface area contributed by atoms with Crippen LogP contribution in [0.15, 0.2) is 54.7 Å². The summed E-state index contributed by atoms with van der Waals surface area (Å²) in [4.78, 5) is 9.17. The van der Waals surface area contributed by atoms with Gasteiger partial charge in [0.25, 0.3) is 0 Å². The quantitative estimate of drug-likeness (QED) is 0.498. The molecule has 0 spiro atoms. The molecule has 0 radical (unpaired) electrons. The van der Waals surface area contributed by atoms with Gasteiger partial charge in [-0.25, -0.2) is 9.97 Å². The molecule has 2 aromatic carbocycles. The van der Waals surface area contributed by atoms with Crippen LogP contribution in [0, 0.1) is 5.92 Å². The van der Waals surface area contributed by atoms with Crippen molar-refractivity contribution >= 4 is 28.3 Å². The molecule has 2 heterocycles. The Hall–Kier alpha value is -2.39. The van der Waals surface area contributed by atoms with Crippen LogP contribution in [0.2, 0.25) is 5.15 Å². The third-order valence-electron chi connectivity index (χ3n) is 4.32. The molecule has 25 heavy (non-hydrogen) atoms. The van der Waals surface area contributed by atoms with Gasteiger partial charge >= 0.3 is 0 Å². The third kappa shape index (κ3) is 3.24. The number of nitrogens with zero attached hydrogens (tertiary/aromatic N) is 3. The number of rotatable bonds is 4. The predicted octanol–water partition coefficient (Wildman–Crippen LogP) is 5.33. The standard InChI is InChI=1S/C21H20ClN3/c1-14(2)10-15-6-5-7-16(11-15)12-17-13-25-19-9-4-3-8-18(19)24-20(22)21(25)23-17/h3-9,11,13-14H,10,12H2,1-2H3. The fourth-order valence-corrected chi connectivity index (χ4v) is 3.53. The highest BCUT2D eigenvalue weighted by molar-refractivity contribution is 6.32. The summed E-state index contributed by atoms with van der Waals surface area (Å²) in [6, 6.07) is 16.8. The first-order valence-corrected chi connectivity index (χ1v) is 8.98. The summed E-state index contributed by atoms with van der Waals surface area (Å²) in [5.41, 5.74) is 6.27. The Morgan fingerprint density at radius 2 is 1.80 bits per heavy atom. The second-order valence-corrected chi connectivity index (χ2v) is 7.27. The minimum absolute atomic E-state index is 0.443. The zero-order valence-corrected chi connectivity index (χ0v) is 15.2. The first-order valence-electron chi connectivity index (χ1n) is 8.60. The van der Waals surface area contributed by atoms with Crippen LogP contribution in [0.1, 0.15) is 30.7 Å². The fourth-order valence-electron chi connectivity index (χ4n) is 3.31. The van der Waals surface area contributed by atoms with E-state index in [1.165, 1.54) is 11.1 Å². The minimum Gasteiger partial charge on any atom is -0.295 e. The molecule has 0 aliphatic carbocycles. The van der Waals surface area contributed by atoms with E-state index in [4.69, 9.17) is 16.6 Å². The number of para-hydroxylation sites is 2. The van der Waals surface area contributed by atoms with E-state index < -0.39 is 0 Å². The number of hydrogen-bond donors (Lipinski definition) is 0. The van der Waals surface area contributed by atoms with Crippen molar-refractivity contribution in [3.8, 4) is 0 Å². The van der Waals surface area contributed by atoms with E-state index in [9.17, 15) is 0 Å². The molecule has 0 amide bonds. The molecule has 0 saturated carbocycles. The van der Waals surface area contributed by atoms with E-state index in [-0.39, 0.29) is 0 Å². The van der Waals surface area contributed by atoms with Crippen LogP contribution in [-0.2, 0) is 12.8 Å². The van der Waals surface area contributed by atoms with E-state index >= 15 is 0 Å². The monoisotopic (exact) mass is 349 g/mol. The molecule has 4 rings (SSSR count). The summed E-state index contributed by atoms with van der Waals surface area (Å²) in [6.45, 7) is 4.49. The van der Waals surface area contributed by atoms with Gasteiger partial charge in [0.05, 0.1) is 16.7 Å². The average Bonchev–Trinajstić information content (AvgIpc) is 2.99. The van der Waals surface area contributed by atoms with Crippen molar-refractivity contribution in [3.05, 3.63) is 76.7 Å². The van der Waals surface area contributed by atoms with Gasteiger partial charge in [-0.1, -0.05) is 61.8 Å². The highest BCUT2D eigenvalue weighted by atomic mass is 35.5. The second-order valence-electron chi connectivity index (χ2n) is 6.91. The topological polar surface area (TPSA) is 30.2 Å². The van der Waals surface area contributed by atoms with Crippen molar-refractivity contribution in [1.29, 1.82) is 0 Å². The molecule has 0 saturated heterocycles. The largest absolute Gasteiger partial charge is 0.295 e. The van der Waals surface area contributed by atoms with Crippen LogP contribution >= 0.6 is 11.6 Å². The Morgan fingerprint density at radius 3 is 2.64 bits per heavy atom. The number of benzene rings is 2. The molecule has 2 aromatic heterocycles. The van der Waals surface area contributed by atoms with Crippen LogP contribution in [0.3, 0.4) is 0 Å².